The van der Waals surface area contributed by atoms with Crippen LogP contribution in [0.25, 0.3) is 0 Å². The topological polar surface area (TPSA) is 69.0 Å². The number of aliphatic carboxylic acids is 1. The standard InChI is InChI=1S/C29H40N4O3/c1-30(2)26-8-6-21(7-9-26)16-31-12-10-23(15-29(35)36)24(19-31)11-13-32-17-22-14-25(20-32)27-4-3-5-28(34)33(27)18-22/h3-9,22-25H,10-20H2,1-2H3,(H,35,36)/t22-,23+,24+,25-/m1/s1. The van der Waals surface area contributed by atoms with Gasteiger partial charge in [0.1, 0.15) is 0 Å². The van der Waals surface area contributed by atoms with Crippen LogP contribution in [-0.4, -0.2) is 72.3 Å². The van der Waals surface area contributed by atoms with Crippen LogP contribution in [0.4, 0.5) is 5.69 Å². The van der Waals surface area contributed by atoms with Gasteiger partial charge in [0, 0.05) is 76.6 Å². The second kappa shape index (κ2) is 10.8. The third-order valence-corrected chi connectivity index (χ3v) is 8.64. The van der Waals surface area contributed by atoms with Crippen LogP contribution in [0.1, 0.15) is 42.9 Å². The van der Waals surface area contributed by atoms with Gasteiger partial charge in [-0.3, -0.25) is 14.5 Å². The molecule has 194 valence electrons. The molecule has 0 radical (unpaired) electrons. The number of anilines is 1. The monoisotopic (exact) mass is 492 g/mol. The number of carboxylic acids is 1. The van der Waals surface area contributed by atoms with Gasteiger partial charge in [-0.15, -0.1) is 0 Å². The van der Waals surface area contributed by atoms with Crippen molar-refractivity contribution in [3.63, 3.8) is 0 Å². The molecule has 1 N–H and O–H groups in total. The van der Waals surface area contributed by atoms with E-state index in [1.807, 2.05) is 10.6 Å². The highest BCUT2D eigenvalue weighted by molar-refractivity contribution is 5.67. The van der Waals surface area contributed by atoms with Crippen LogP contribution in [-0.2, 0) is 17.9 Å². The summed E-state index contributed by atoms with van der Waals surface area (Å²) in [7, 11) is 4.11. The van der Waals surface area contributed by atoms with Crippen molar-refractivity contribution in [2.24, 2.45) is 17.8 Å². The molecule has 2 bridgehead atoms. The van der Waals surface area contributed by atoms with Gasteiger partial charge in [0.05, 0.1) is 0 Å². The van der Waals surface area contributed by atoms with Crippen molar-refractivity contribution in [3.05, 3.63) is 64.1 Å². The molecule has 2 saturated heterocycles. The lowest BCUT2D eigenvalue weighted by molar-refractivity contribution is -0.139. The van der Waals surface area contributed by atoms with E-state index in [0.717, 1.165) is 58.7 Å². The Labute approximate surface area is 214 Å². The summed E-state index contributed by atoms with van der Waals surface area (Å²) < 4.78 is 1.99. The lowest BCUT2D eigenvalue weighted by Gasteiger charge is -2.44. The average molecular weight is 493 g/mol. The Morgan fingerprint density at radius 2 is 1.81 bits per heavy atom. The highest BCUT2D eigenvalue weighted by Gasteiger charge is 2.36. The van der Waals surface area contributed by atoms with E-state index in [-0.39, 0.29) is 17.9 Å². The van der Waals surface area contributed by atoms with E-state index in [9.17, 15) is 14.7 Å². The largest absolute Gasteiger partial charge is 0.481 e. The van der Waals surface area contributed by atoms with E-state index in [0.29, 0.717) is 17.8 Å². The molecular formula is C29H40N4O3. The predicted octanol–water partition coefficient (Wildman–Crippen LogP) is 3.34. The maximum absolute atomic E-state index is 12.3. The quantitative estimate of drug-likeness (QED) is 0.610. The molecule has 0 saturated carbocycles. The molecule has 3 aliphatic rings. The van der Waals surface area contributed by atoms with Crippen LogP contribution >= 0.6 is 0 Å². The molecule has 2 fully saturated rings. The van der Waals surface area contributed by atoms with E-state index in [1.165, 1.54) is 23.4 Å². The molecule has 0 aliphatic carbocycles. The van der Waals surface area contributed by atoms with Crippen molar-refractivity contribution < 1.29 is 9.90 Å². The maximum atomic E-state index is 12.3. The number of carbonyl (C=O) groups is 1. The molecule has 7 nitrogen and oxygen atoms in total. The normalized spacial score (nSPS) is 26.4. The van der Waals surface area contributed by atoms with E-state index in [1.54, 1.807) is 6.07 Å². The van der Waals surface area contributed by atoms with Gasteiger partial charge >= 0.3 is 5.97 Å². The van der Waals surface area contributed by atoms with Crippen LogP contribution in [0, 0.1) is 17.8 Å². The SMILES string of the molecule is CN(C)c1ccc(CN2CC[C@@H](CC(=O)O)[C@@H](CCN3C[C@H]4C[C@H](C3)c3cccc(=O)n3C4)C2)cc1. The third-order valence-electron chi connectivity index (χ3n) is 8.64. The summed E-state index contributed by atoms with van der Waals surface area (Å²) >= 11 is 0. The van der Waals surface area contributed by atoms with E-state index in [4.69, 9.17) is 0 Å². The van der Waals surface area contributed by atoms with Crippen molar-refractivity contribution in [1.29, 1.82) is 0 Å². The zero-order valence-corrected chi connectivity index (χ0v) is 21.7. The summed E-state index contributed by atoms with van der Waals surface area (Å²) in [6.07, 6.45) is 3.44. The zero-order valence-electron chi connectivity index (χ0n) is 21.7. The third kappa shape index (κ3) is 5.68. The number of fused-ring (bicyclic) bond motifs is 4. The second-order valence-corrected chi connectivity index (χ2v) is 11.4. The van der Waals surface area contributed by atoms with Crippen LogP contribution < -0.4 is 10.5 Å². The molecular weight excluding hydrogens is 452 g/mol. The van der Waals surface area contributed by atoms with Gasteiger partial charge in [0.15, 0.2) is 0 Å². The number of nitrogens with zero attached hydrogens (tertiary/aromatic N) is 4. The maximum Gasteiger partial charge on any atom is 0.303 e. The van der Waals surface area contributed by atoms with Crippen molar-refractivity contribution >= 4 is 11.7 Å². The number of rotatable bonds is 8. The summed E-state index contributed by atoms with van der Waals surface area (Å²) in [5.41, 5.74) is 3.84. The number of hydrogen-bond acceptors (Lipinski definition) is 5. The molecule has 36 heavy (non-hydrogen) atoms. The Bertz CT molecular complexity index is 1110. The fourth-order valence-corrected chi connectivity index (χ4v) is 6.80. The number of aromatic nitrogens is 1. The van der Waals surface area contributed by atoms with Crippen LogP contribution in [0.3, 0.4) is 0 Å². The number of carboxylic acid groups (broad SMARTS) is 1. The van der Waals surface area contributed by atoms with E-state index in [2.05, 4.69) is 59.1 Å². The predicted molar refractivity (Wildman–Crippen MR) is 143 cm³/mol. The molecule has 3 aliphatic heterocycles. The average Bonchev–Trinajstić information content (AvgIpc) is 2.85. The first-order chi connectivity index (χ1) is 17.4. The zero-order chi connectivity index (χ0) is 25.2. The molecule has 7 heteroatoms. The molecule has 4 heterocycles. The van der Waals surface area contributed by atoms with Crippen LogP contribution in [0.15, 0.2) is 47.3 Å². The molecule has 2 aromatic rings. The van der Waals surface area contributed by atoms with Gasteiger partial charge in [-0.1, -0.05) is 18.2 Å². The minimum atomic E-state index is -0.674. The van der Waals surface area contributed by atoms with Crippen molar-refractivity contribution in [2.75, 3.05) is 51.7 Å². The Morgan fingerprint density at radius 1 is 1.00 bits per heavy atom. The highest BCUT2D eigenvalue weighted by Crippen LogP contribution is 2.36. The Balaban J connectivity index is 1.21. The minimum Gasteiger partial charge on any atom is -0.481 e. The smallest absolute Gasteiger partial charge is 0.303 e. The van der Waals surface area contributed by atoms with Crippen molar-refractivity contribution in [2.45, 2.75) is 44.7 Å². The lowest BCUT2D eigenvalue weighted by Crippen LogP contribution is -2.48. The fourth-order valence-electron chi connectivity index (χ4n) is 6.80. The van der Waals surface area contributed by atoms with Gasteiger partial charge in [-0.05, 0) is 73.9 Å². The van der Waals surface area contributed by atoms with Gasteiger partial charge in [0.25, 0.3) is 5.56 Å². The number of likely N-dealkylation sites (tertiary alicyclic amines) is 2. The number of pyridine rings is 1. The van der Waals surface area contributed by atoms with Gasteiger partial charge in [0.2, 0.25) is 0 Å². The van der Waals surface area contributed by atoms with Crippen LogP contribution in [0.2, 0.25) is 0 Å². The summed E-state index contributed by atoms with van der Waals surface area (Å²) in [6.45, 7) is 6.72. The van der Waals surface area contributed by atoms with Gasteiger partial charge in [-0.25, -0.2) is 0 Å². The Morgan fingerprint density at radius 3 is 2.56 bits per heavy atom. The molecule has 0 unspecified atom stereocenters. The summed E-state index contributed by atoms with van der Waals surface area (Å²) in [5, 5.41) is 9.54. The van der Waals surface area contributed by atoms with Gasteiger partial charge in [-0.2, -0.15) is 0 Å². The highest BCUT2D eigenvalue weighted by atomic mass is 16.4. The number of hydrogen-bond donors (Lipinski definition) is 1. The molecule has 5 rings (SSSR count). The number of benzene rings is 1. The van der Waals surface area contributed by atoms with Crippen molar-refractivity contribution in [3.8, 4) is 0 Å². The van der Waals surface area contributed by atoms with Gasteiger partial charge < -0.3 is 19.5 Å². The first-order valence-corrected chi connectivity index (χ1v) is 13.5. The number of piperidine rings is 2. The first kappa shape index (κ1) is 25.0. The fraction of sp³-hybridized carbons (Fsp3) is 0.586. The molecule has 0 spiro atoms. The summed E-state index contributed by atoms with van der Waals surface area (Å²) in [5.74, 6) is 0.923. The molecule has 0 amide bonds. The molecule has 1 aromatic heterocycles. The van der Waals surface area contributed by atoms with Crippen LogP contribution in [0.5, 0.6) is 0 Å². The second-order valence-electron chi connectivity index (χ2n) is 11.4. The summed E-state index contributed by atoms with van der Waals surface area (Å²) in [4.78, 5) is 31.1. The summed E-state index contributed by atoms with van der Waals surface area (Å²) in [6, 6.07) is 14.5. The Kier molecular flexibility index (Phi) is 7.49. The molecule has 4 atom stereocenters. The first-order valence-electron chi connectivity index (χ1n) is 13.5. The molecule has 1 aromatic carbocycles. The van der Waals surface area contributed by atoms with Crippen molar-refractivity contribution in [1.82, 2.24) is 14.4 Å². The van der Waals surface area contributed by atoms with E-state index < -0.39 is 5.97 Å². The lowest BCUT2D eigenvalue weighted by atomic mass is 9.80. The van der Waals surface area contributed by atoms with E-state index >= 15 is 0 Å². The minimum absolute atomic E-state index is 0.130. The Hall–Kier alpha value is -2.64.